The van der Waals surface area contributed by atoms with Crippen molar-refractivity contribution in [3.8, 4) is 5.88 Å². The summed E-state index contributed by atoms with van der Waals surface area (Å²) < 4.78 is 5.13. The van der Waals surface area contributed by atoms with Gasteiger partial charge in [-0.25, -0.2) is 4.98 Å². The van der Waals surface area contributed by atoms with Crippen molar-refractivity contribution in [3.05, 3.63) is 36.2 Å². The fraction of sp³-hybridized carbons (Fsp3) is 0.286. The van der Waals surface area contributed by atoms with Gasteiger partial charge >= 0.3 is 0 Å². The third-order valence-corrected chi connectivity index (χ3v) is 2.94. The molecule has 5 nitrogen and oxygen atoms in total. The number of nitrogen functional groups attached to an aromatic ring is 1. The molecule has 0 amide bonds. The first-order chi connectivity index (χ1) is 9.17. The van der Waals surface area contributed by atoms with E-state index in [2.05, 4.69) is 29.0 Å². The molecule has 0 saturated carbocycles. The molecule has 0 unspecified atom stereocenters. The van der Waals surface area contributed by atoms with E-state index in [-0.39, 0.29) is 0 Å². The molecule has 0 bridgehead atoms. The van der Waals surface area contributed by atoms with Crippen LogP contribution in [-0.4, -0.2) is 23.6 Å². The van der Waals surface area contributed by atoms with Gasteiger partial charge in [0.15, 0.2) is 5.82 Å². The quantitative estimate of drug-likeness (QED) is 0.913. The van der Waals surface area contributed by atoms with Crippen molar-refractivity contribution < 1.29 is 4.74 Å². The summed E-state index contributed by atoms with van der Waals surface area (Å²) >= 11 is 0. The van der Waals surface area contributed by atoms with Gasteiger partial charge in [0.05, 0.1) is 7.11 Å². The Morgan fingerprint density at radius 1 is 1.21 bits per heavy atom. The minimum Gasteiger partial charge on any atom is -0.479 e. The molecule has 0 aliphatic carbocycles. The minimum absolute atomic E-state index is 0.399. The topological polar surface area (TPSA) is 64.3 Å². The number of aromatic nitrogens is 2. The lowest BCUT2D eigenvalue weighted by Crippen LogP contribution is -2.19. The number of nitrogens with zero attached hydrogens (tertiary/aromatic N) is 3. The standard InChI is InChI=1S/C14H18N4O/c1-4-18(11-7-5-10(2)6-8-11)13-12(15)14(19-3)17-9-16-13/h5-9H,4,15H2,1-3H3. The van der Waals surface area contributed by atoms with E-state index in [4.69, 9.17) is 10.5 Å². The second kappa shape index (κ2) is 5.56. The highest BCUT2D eigenvalue weighted by atomic mass is 16.5. The molecule has 5 heteroatoms. The van der Waals surface area contributed by atoms with Crippen LogP contribution in [0.3, 0.4) is 0 Å². The van der Waals surface area contributed by atoms with Gasteiger partial charge in [-0.15, -0.1) is 0 Å². The molecular formula is C14H18N4O. The van der Waals surface area contributed by atoms with E-state index in [1.54, 1.807) is 7.11 Å². The summed E-state index contributed by atoms with van der Waals surface area (Å²) in [7, 11) is 1.55. The van der Waals surface area contributed by atoms with Crippen LogP contribution >= 0.6 is 0 Å². The molecule has 1 heterocycles. The number of rotatable bonds is 4. The maximum absolute atomic E-state index is 6.05. The summed E-state index contributed by atoms with van der Waals surface area (Å²) in [6.45, 7) is 4.86. The van der Waals surface area contributed by atoms with Gasteiger partial charge in [-0.05, 0) is 26.0 Å². The Bertz CT molecular complexity index is 554. The second-order valence-electron chi connectivity index (χ2n) is 4.20. The van der Waals surface area contributed by atoms with Crippen LogP contribution in [-0.2, 0) is 0 Å². The Balaban J connectivity index is 2.45. The number of methoxy groups -OCH3 is 1. The molecule has 100 valence electrons. The first-order valence-electron chi connectivity index (χ1n) is 6.16. The lowest BCUT2D eigenvalue weighted by Gasteiger charge is -2.23. The van der Waals surface area contributed by atoms with E-state index < -0.39 is 0 Å². The molecule has 0 aliphatic heterocycles. The van der Waals surface area contributed by atoms with Crippen LogP contribution in [0.15, 0.2) is 30.6 Å². The number of hydrogen-bond acceptors (Lipinski definition) is 5. The molecule has 0 radical (unpaired) electrons. The summed E-state index contributed by atoms with van der Waals surface area (Å²) in [6.07, 6.45) is 1.46. The Morgan fingerprint density at radius 2 is 1.89 bits per heavy atom. The smallest absolute Gasteiger partial charge is 0.242 e. The van der Waals surface area contributed by atoms with Gasteiger partial charge < -0.3 is 15.4 Å². The van der Waals surface area contributed by atoms with Gasteiger partial charge in [0.25, 0.3) is 0 Å². The highest BCUT2D eigenvalue weighted by Crippen LogP contribution is 2.32. The zero-order valence-corrected chi connectivity index (χ0v) is 11.4. The zero-order chi connectivity index (χ0) is 13.8. The molecule has 1 aromatic heterocycles. The fourth-order valence-electron chi connectivity index (χ4n) is 1.93. The van der Waals surface area contributed by atoms with Crippen LogP contribution in [0, 0.1) is 6.92 Å². The molecular weight excluding hydrogens is 240 g/mol. The van der Waals surface area contributed by atoms with Gasteiger partial charge in [-0.2, -0.15) is 4.98 Å². The summed E-state index contributed by atoms with van der Waals surface area (Å²) in [5, 5.41) is 0. The van der Waals surface area contributed by atoms with E-state index >= 15 is 0 Å². The summed E-state index contributed by atoms with van der Waals surface area (Å²) in [5.41, 5.74) is 8.76. The number of anilines is 3. The maximum atomic E-state index is 6.05. The first kappa shape index (κ1) is 13.1. The van der Waals surface area contributed by atoms with Gasteiger partial charge in [0.2, 0.25) is 5.88 Å². The number of aryl methyl sites for hydroxylation is 1. The number of nitrogens with two attached hydrogens (primary N) is 1. The van der Waals surface area contributed by atoms with Crippen LogP contribution in [0.4, 0.5) is 17.2 Å². The van der Waals surface area contributed by atoms with E-state index in [0.29, 0.717) is 17.4 Å². The normalized spacial score (nSPS) is 10.3. The van der Waals surface area contributed by atoms with E-state index in [9.17, 15) is 0 Å². The summed E-state index contributed by atoms with van der Waals surface area (Å²) in [4.78, 5) is 10.3. The third kappa shape index (κ3) is 2.59. The Morgan fingerprint density at radius 3 is 2.47 bits per heavy atom. The first-order valence-corrected chi connectivity index (χ1v) is 6.16. The fourth-order valence-corrected chi connectivity index (χ4v) is 1.93. The van der Waals surface area contributed by atoms with Gasteiger partial charge in [-0.1, -0.05) is 17.7 Å². The maximum Gasteiger partial charge on any atom is 0.242 e. The highest BCUT2D eigenvalue weighted by molar-refractivity contribution is 5.74. The molecule has 0 spiro atoms. The zero-order valence-electron chi connectivity index (χ0n) is 11.4. The average Bonchev–Trinajstić information content (AvgIpc) is 2.43. The largest absolute Gasteiger partial charge is 0.479 e. The summed E-state index contributed by atoms with van der Waals surface area (Å²) in [6, 6.07) is 8.22. The van der Waals surface area contributed by atoms with Crippen LogP contribution in [0.1, 0.15) is 12.5 Å². The molecule has 2 aromatic rings. The van der Waals surface area contributed by atoms with Crippen molar-refractivity contribution in [2.24, 2.45) is 0 Å². The molecule has 2 N–H and O–H groups in total. The van der Waals surface area contributed by atoms with Gasteiger partial charge in [0, 0.05) is 12.2 Å². The van der Waals surface area contributed by atoms with E-state index in [0.717, 1.165) is 12.2 Å². The molecule has 1 aromatic carbocycles. The van der Waals surface area contributed by atoms with Crippen molar-refractivity contribution in [2.75, 3.05) is 24.3 Å². The molecule has 0 atom stereocenters. The van der Waals surface area contributed by atoms with Crippen molar-refractivity contribution in [1.29, 1.82) is 0 Å². The van der Waals surface area contributed by atoms with Crippen LogP contribution < -0.4 is 15.4 Å². The number of hydrogen-bond donors (Lipinski definition) is 1. The lowest BCUT2D eigenvalue weighted by atomic mass is 10.2. The van der Waals surface area contributed by atoms with Crippen molar-refractivity contribution >= 4 is 17.2 Å². The predicted octanol–water partition coefficient (Wildman–Crippen LogP) is 2.53. The van der Waals surface area contributed by atoms with Gasteiger partial charge in [0.1, 0.15) is 12.0 Å². The molecule has 0 fully saturated rings. The SMILES string of the molecule is CCN(c1ccc(C)cc1)c1ncnc(OC)c1N. The number of ether oxygens (including phenoxy) is 1. The van der Waals surface area contributed by atoms with Crippen molar-refractivity contribution in [2.45, 2.75) is 13.8 Å². The minimum atomic E-state index is 0.399. The van der Waals surface area contributed by atoms with Gasteiger partial charge in [-0.3, -0.25) is 0 Å². The second-order valence-corrected chi connectivity index (χ2v) is 4.20. The Kier molecular flexibility index (Phi) is 3.85. The molecule has 2 rings (SSSR count). The highest BCUT2D eigenvalue weighted by Gasteiger charge is 2.15. The van der Waals surface area contributed by atoms with E-state index in [1.807, 2.05) is 24.0 Å². The summed E-state index contributed by atoms with van der Waals surface area (Å²) in [5.74, 6) is 1.06. The van der Waals surface area contributed by atoms with Crippen LogP contribution in [0.2, 0.25) is 0 Å². The van der Waals surface area contributed by atoms with Crippen LogP contribution in [0.5, 0.6) is 5.88 Å². The molecule has 19 heavy (non-hydrogen) atoms. The van der Waals surface area contributed by atoms with Crippen LogP contribution in [0.25, 0.3) is 0 Å². The molecule has 0 aliphatic rings. The van der Waals surface area contributed by atoms with Crippen molar-refractivity contribution in [3.63, 3.8) is 0 Å². The number of benzene rings is 1. The lowest BCUT2D eigenvalue weighted by molar-refractivity contribution is 0.399. The third-order valence-electron chi connectivity index (χ3n) is 2.94. The Labute approximate surface area is 113 Å². The average molecular weight is 258 g/mol. The monoisotopic (exact) mass is 258 g/mol. The Hall–Kier alpha value is -2.30. The predicted molar refractivity (Wildman–Crippen MR) is 76.9 cm³/mol. The molecule has 0 saturated heterocycles. The van der Waals surface area contributed by atoms with E-state index in [1.165, 1.54) is 11.9 Å². The van der Waals surface area contributed by atoms with Crippen molar-refractivity contribution in [1.82, 2.24) is 9.97 Å².